The standard InChI is InChI=1S/C25H40O2.C2H6.C2H2/c1-24(2,27)16-5-4-10-21-14-15-23-20(9-7-17-25(21,23)3)13-12-19-8-6-11-22(26)18-19;2*1-2/h4-5,12-13,21-23,26-27H,6-11,14-18H2,1-3H3;1-2H3;1-2H/b5-4+,19-12-,20-13+;;/t21-,22-,23?,25+;;/m0../s1. The lowest BCUT2D eigenvalue weighted by Gasteiger charge is -2.42. The number of hydrogen-bond acceptors (Lipinski definition) is 2. The molecule has 2 heteroatoms. The van der Waals surface area contributed by atoms with E-state index < -0.39 is 5.60 Å². The van der Waals surface area contributed by atoms with E-state index in [0.717, 1.165) is 50.4 Å². The van der Waals surface area contributed by atoms with Crippen molar-refractivity contribution in [2.75, 3.05) is 0 Å². The quantitative estimate of drug-likeness (QED) is 0.354. The Balaban J connectivity index is 0.00000113. The predicted molar refractivity (Wildman–Crippen MR) is 135 cm³/mol. The van der Waals surface area contributed by atoms with E-state index >= 15 is 0 Å². The van der Waals surface area contributed by atoms with Crippen molar-refractivity contribution in [2.45, 2.75) is 117 Å². The maximum absolute atomic E-state index is 9.91. The van der Waals surface area contributed by atoms with Gasteiger partial charge in [0, 0.05) is 0 Å². The fraction of sp³-hybridized carbons (Fsp3) is 0.724. The van der Waals surface area contributed by atoms with Gasteiger partial charge in [-0.25, -0.2) is 0 Å². The summed E-state index contributed by atoms with van der Waals surface area (Å²) < 4.78 is 0. The van der Waals surface area contributed by atoms with Crippen LogP contribution in [-0.2, 0) is 0 Å². The van der Waals surface area contributed by atoms with E-state index in [9.17, 15) is 10.2 Å². The SMILES string of the molecule is C#C.CC.CC(C)(O)C/C=C/C[C@H]1CCC2/C(=C/C=C3/CCC[C@H](O)C3)CCC[C@@]21C. The average Bonchev–Trinajstić information content (AvgIpc) is 3.08. The van der Waals surface area contributed by atoms with Crippen molar-refractivity contribution in [3.8, 4) is 12.8 Å². The second kappa shape index (κ2) is 13.3. The summed E-state index contributed by atoms with van der Waals surface area (Å²) >= 11 is 0. The molecule has 0 aromatic rings. The Kier molecular flexibility index (Phi) is 11.9. The first-order valence-electron chi connectivity index (χ1n) is 12.6. The largest absolute Gasteiger partial charge is 0.393 e. The summed E-state index contributed by atoms with van der Waals surface area (Å²) in [6.07, 6.45) is 29.8. The van der Waals surface area contributed by atoms with Gasteiger partial charge in [0.1, 0.15) is 0 Å². The molecule has 1 unspecified atom stereocenters. The van der Waals surface area contributed by atoms with Crippen molar-refractivity contribution in [1.82, 2.24) is 0 Å². The Labute approximate surface area is 192 Å². The molecule has 0 amide bonds. The predicted octanol–water partition coefficient (Wildman–Crippen LogP) is 7.37. The van der Waals surface area contributed by atoms with Gasteiger partial charge in [0.25, 0.3) is 0 Å². The lowest BCUT2D eigenvalue weighted by atomic mass is 9.63. The molecule has 0 saturated heterocycles. The zero-order chi connectivity index (χ0) is 23.5. The van der Waals surface area contributed by atoms with Crippen molar-refractivity contribution >= 4 is 0 Å². The van der Waals surface area contributed by atoms with Crippen LogP contribution in [0.15, 0.2) is 35.5 Å². The molecule has 31 heavy (non-hydrogen) atoms. The van der Waals surface area contributed by atoms with E-state index in [0.29, 0.717) is 5.41 Å². The van der Waals surface area contributed by atoms with Gasteiger partial charge in [-0.15, -0.1) is 12.8 Å². The highest BCUT2D eigenvalue weighted by molar-refractivity contribution is 5.25. The van der Waals surface area contributed by atoms with E-state index in [1.54, 1.807) is 5.57 Å². The monoisotopic (exact) mass is 428 g/mol. The van der Waals surface area contributed by atoms with Crippen LogP contribution >= 0.6 is 0 Å². The van der Waals surface area contributed by atoms with Gasteiger partial charge >= 0.3 is 0 Å². The Morgan fingerprint density at radius 2 is 1.74 bits per heavy atom. The fourth-order valence-corrected chi connectivity index (χ4v) is 5.81. The molecule has 0 aliphatic heterocycles. The lowest BCUT2D eigenvalue weighted by Crippen LogP contribution is -2.33. The second-order valence-electron chi connectivity index (χ2n) is 10.2. The number of fused-ring (bicyclic) bond motifs is 1. The number of aliphatic hydroxyl groups is 2. The van der Waals surface area contributed by atoms with E-state index in [1.165, 1.54) is 37.7 Å². The van der Waals surface area contributed by atoms with Crippen LogP contribution < -0.4 is 0 Å². The number of terminal acetylenes is 1. The molecule has 2 N–H and O–H groups in total. The third-order valence-electron chi connectivity index (χ3n) is 7.43. The van der Waals surface area contributed by atoms with Gasteiger partial charge in [0.05, 0.1) is 11.7 Å². The normalized spacial score (nSPS) is 33.4. The van der Waals surface area contributed by atoms with Gasteiger partial charge in [0.15, 0.2) is 0 Å². The van der Waals surface area contributed by atoms with Crippen LogP contribution in [0.2, 0.25) is 0 Å². The van der Waals surface area contributed by atoms with E-state index in [1.807, 2.05) is 27.7 Å². The Hall–Kier alpha value is -1.30. The summed E-state index contributed by atoms with van der Waals surface area (Å²) in [6, 6.07) is 0. The molecule has 3 saturated carbocycles. The molecule has 0 radical (unpaired) electrons. The van der Waals surface area contributed by atoms with Crippen LogP contribution in [0.25, 0.3) is 0 Å². The minimum atomic E-state index is -0.598. The Morgan fingerprint density at radius 3 is 2.39 bits per heavy atom. The highest BCUT2D eigenvalue weighted by Crippen LogP contribution is 2.58. The van der Waals surface area contributed by atoms with Crippen LogP contribution in [0.4, 0.5) is 0 Å². The first-order valence-corrected chi connectivity index (χ1v) is 12.6. The molecule has 0 heterocycles. The molecule has 176 valence electrons. The molecule has 0 bridgehead atoms. The number of hydrogen-bond donors (Lipinski definition) is 2. The van der Waals surface area contributed by atoms with Crippen LogP contribution in [0.3, 0.4) is 0 Å². The summed E-state index contributed by atoms with van der Waals surface area (Å²) in [5.41, 5.74) is 2.95. The van der Waals surface area contributed by atoms with Gasteiger partial charge in [-0.05, 0) is 102 Å². The molecule has 2 nitrogen and oxygen atoms in total. The van der Waals surface area contributed by atoms with E-state index in [-0.39, 0.29) is 6.10 Å². The minimum absolute atomic E-state index is 0.119. The molecule has 0 aromatic heterocycles. The zero-order valence-electron chi connectivity index (χ0n) is 20.9. The molecular weight excluding hydrogens is 380 g/mol. The maximum atomic E-state index is 9.91. The second-order valence-corrected chi connectivity index (χ2v) is 10.2. The molecule has 4 atom stereocenters. The molecule has 3 aliphatic carbocycles. The van der Waals surface area contributed by atoms with E-state index in [2.05, 4.69) is 44.1 Å². The molecular formula is C29H48O2. The lowest BCUT2D eigenvalue weighted by molar-refractivity contribution is 0.0837. The van der Waals surface area contributed by atoms with Crippen molar-refractivity contribution in [3.63, 3.8) is 0 Å². The first kappa shape index (κ1) is 27.7. The van der Waals surface area contributed by atoms with Gasteiger partial charge < -0.3 is 10.2 Å². The number of allylic oxidation sites excluding steroid dienone is 4. The van der Waals surface area contributed by atoms with Gasteiger partial charge in [-0.3, -0.25) is 0 Å². The van der Waals surface area contributed by atoms with Crippen molar-refractivity contribution < 1.29 is 10.2 Å². The van der Waals surface area contributed by atoms with Gasteiger partial charge in [0.2, 0.25) is 0 Å². The molecule has 0 aromatic carbocycles. The topological polar surface area (TPSA) is 40.5 Å². The smallest absolute Gasteiger partial charge is 0.0626 e. The van der Waals surface area contributed by atoms with Crippen molar-refractivity contribution in [2.24, 2.45) is 17.3 Å². The summed E-state index contributed by atoms with van der Waals surface area (Å²) in [5, 5.41) is 19.8. The average molecular weight is 429 g/mol. The van der Waals surface area contributed by atoms with Gasteiger partial charge in [-0.2, -0.15) is 0 Å². The van der Waals surface area contributed by atoms with Crippen molar-refractivity contribution in [3.05, 3.63) is 35.5 Å². The molecule has 3 aliphatic rings. The number of rotatable bonds is 5. The van der Waals surface area contributed by atoms with Crippen LogP contribution in [-0.4, -0.2) is 21.9 Å². The number of aliphatic hydroxyl groups excluding tert-OH is 1. The van der Waals surface area contributed by atoms with Crippen LogP contribution in [0.5, 0.6) is 0 Å². The maximum Gasteiger partial charge on any atom is 0.0626 e. The summed E-state index contributed by atoms with van der Waals surface area (Å²) in [4.78, 5) is 0. The highest BCUT2D eigenvalue weighted by atomic mass is 16.3. The van der Waals surface area contributed by atoms with Gasteiger partial charge in [-0.1, -0.05) is 56.2 Å². The fourth-order valence-electron chi connectivity index (χ4n) is 5.81. The summed E-state index contributed by atoms with van der Waals surface area (Å²) in [6.45, 7) is 10.3. The van der Waals surface area contributed by atoms with Crippen LogP contribution in [0.1, 0.15) is 105 Å². The molecule has 3 rings (SSSR count). The van der Waals surface area contributed by atoms with Crippen LogP contribution in [0, 0.1) is 30.1 Å². The first-order chi connectivity index (χ1) is 14.8. The summed E-state index contributed by atoms with van der Waals surface area (Å²) in [5.74, 6) is 1.51. The van der Waals surface area contributed by atoms with Crippen molar-refractivity contribution in [1.29, 1.82) is 0 Å². The highest BCUT2D eigenvalue weighted by Gasteiger charge is 2.48. The Bertz CT molecular complexity index is 631. The molecule has 3 fully saturated rings. The minimum Gasteiger partial charge on any atom is -0.393 e. The summed E-state index contributed by atoms with van der Waals surface area (Å²) in [7, 11) is 0. The van der Waals surface area contributed by atoms with E-state index in [4.69, 9.17) is 0 Å². The molecule has 0 spiro atoms. The zero-order valence-corrected chi connectivity index (χ0v) is 20.9. The third-order valence-corrected chi connectivity index (χ3v) is 7.43. The third kappa shape index (κ3) is 8.28. The Morgan fingerprint density at radius 1 is 1.03 bits per heavy atom.